The second-order valence-electron chi connectivity index (χ2n) is 3.84. The molecule has 0 aliphatic carbocycles. The smallest absolute Gasteiger partial charge is 0.268 e. The van der Waals surface area contributed by atoms with E-state index in [1.54, 1.807) is 10.8 Å². The molecule has 0 unspecified atom stereocenters. The third-order valence-corrected chi connectivity index (χ3v) is 3.82. The minimum Gasteiger partial charge on any atom is -0.268 e. The first-order chi connectivity index (χ1) is 9.42. The van der Waals surface area contributed by atoms with E-state index in [1.807, 2.05) is 0 Å². The van der Waals surface area contributed by atoms with Gasteiger partial charge in [0, 0.05) is 0 Å². The van der Waals surface area contributed by atoms with E-state index in [4.69, 9.17) is 0 Å². The fourth-order valence-electron chi connectivity index (χ4n) is 1.55. The molecule has 0 spiro atoms. The van der Waals surface area contributed by atoms with Gasteiger partial charge in [-0.15, -0.1) is 0 Å². The number of hydrogen-bond donors (Lipinski definition) is 1. The zero-order chi connectivity index (χ0) is 14.8. The molecule has 2 aromatic rings. The molecule has 1 amide bonds. The number of benzene rings is 2. The molecule has 0 aliphatic heterocycles. The van der Waals surface area contributed by atoms with Gasteiger partial charge in [0.1, 0.15) is 17.2 Å². The molecule has 0 aliphatic rings. The largest absolute Gasteiger partial charge is 0.270 e. The minimum absolute atomic E-state index is 0.176. The summed E-state index contributed by atoms with van der Waals surface area (Å²) in [5.74, 6) is -3.62. The van der Waals surface area contributed by atoms with Crippen molar-refractivity contribution in [1.29, 1.82) is 0 Å². The molecule has 1 N–H and O–H groups in total. The summed E-state index contributed by atoms with van der Waals surface area (Å²) in [7, 11) is -4.17. The molecule has 7 heteroatoms. The summed E-state index contributed by atoms with van der Waals surface area (Å²) < 4.78 is 52.1. The first-order valence-electron chi connectivity index (χ1n) is 5.48. The van der Waals surface area contributed by atoms with Gasteiger partial charge < -0.3 is 0 Å². The van der Waals surface area contributed by atoms with Gasteiger partial charge in [0.2, 0.25) is 0 Å². The molecule has 0 saturated carbocycles. The second-order valence-corrected chi connectivity index (χ2v) is 5.53. The van der Waals surface area contributed by atoms with Crippen LogP contribution in [-0.4, -0.2) is 14.3 Å². The number of hydrogen-bond acceptors (Lipinski definition) is 3. The third-order valence-electron chi connectivity index (χ3n) is 2.47. The van der Waals surface area contributed by atoms with E-state index < -0.39 is 33.1 Å². The monoisotopic (exact) mass is 297 g/mol. The van der Waals surface area contributed by atoms with Crippen molar-refractivity contribution in [3.05, 3.63) is 65.7 Å². The average molecular weight is 297 g/mol. The maximum atomic E-state index is 13.4. The molecule has 0 atom stereocenters. The molecule has 0 radical (unpaired) electrons. The Balaban J connectivity index is 2.33. The van der Waals surface area contributed by atoms with E-state index in [0.717, 1.165) is 18.2 Å². The Morgan fingerprint density at radius 2 is 1.45 bits per heavy atom. The fraction of sp³-hybridized carbons (Fsp3) is 0. The van der Waals surface area contributed by atoms with Crippen LogP contribution in [0, 0.1) is 11.6 Å². The first-order valence-corrected chi connectivity index (χ1v) is 6.96. The van der Waals surface area contributed by atoms with Crippen LogP contribution in [0.4, 0.5) is 8.78 Å². The van der Waals surface area contributed by atoms with E-state index in [-0.39, 0.29) is 4.90 Å². The maximum Gasteiger partial charge on any atom is 0.270 e. The quantitative estimate of drug-likeness (QED) is 0.943. The van der Waals surface area contributed by atoms with E-state index in [9.17, 15) is 22.0 Å². The van der Waals surface area contributed by atoms with Crippen LogP contribution in [0.25, 0.3) is 0 Å². The number of amides is 1. The Labute approximate surface area is 114 Å². The summed E-state index contributed by atoms with van der Waals surface area (Å²) in [5, 5.41) is 0. The van der Waals surface area contributed by atoms with E-state index in [0.29, 0.717) is 0 Å². The summed E-state index contributed by atoms with van der Waals surface area (Å²) in [6.07, 6.45) is 0. The lowest BCUT2D eigenvalue weighted by Gasteiger charge is -2.08. The van der Waals surface area contributed by atoms with Crippen molar-refractivity contribution < 1.29 is 22.0 Å². The topological polar surface area (TPSA) is 63.2 Å². The maximum absolute atomic E-state index is 13.4. The SMILES string of the molecule is O=C(NS(=O)(=O)c1ccccc1)c1c(F)cccc1F. The van der Waals surface area contributed by atoms with Gasteiger partial charge in [-0.3, -0.25) is 4.79 Å². The van der Waals surface area contributed by atoms with Crippen molar-refractivity contribution in [2.75, 3.05) is 0 Å². The molecule has 20 heavy (non-hydrogen) atoms. The molecular formula is C13H9F2NO3S. The summed E-state index contributed by atoms with van der Waals surface area (Å²) in [6, 6.07) is 9.84. The van der Waals surface area contributed by atoms with Crippen LogP contribution in [0.5, 0.6) is 0 Å². The lowest BCUT2D eigenvalue weighted by atomic mass is 10.2. The molecule has 0 saturated heterocycles. The molecular weight excluding hydrogens is 288 g/mol. The van der Waals surface area contributed by atoms with E-state index >= 15 is 0 Å². The van der Waals surface area contributed by atoms with Gasteiger partial charge in [0.25, 0.3) is 15.9 Å². The summed E-state index contributed by atoms with van der Waals surface area (Å²) >= 11 is 0. The second kappa shape index (κ2) is 5.38. The highest BCUT2D eigenvalue weighted by Gasteiger charge is 2.23. The van der Waals surface area contributed by atoms with Crippen LogP contribution in [0.15, 0.2) is 53.4 Å². The van der Waals surface area contributed by atoms with Gasteiger partial charge in [-0.05, 0) is 24.3 Å². The Morgan fingerprint density at radius 1 is 0.900 bits per heavy atom. The van der Waals surface area contributed by atoms with Crippen molar-refractivity contribution >= 4 is 15.9 Å². The van der Waals surface area contributed by atoms with Crippen LogP contribution in [0.1, 0.15) is 10.4 Å². The lowest BCUT2D eigenvalue weighted by molar-refractivity contribution is 0.0973. The number of rotatable bonds is 3. The van der Waals surface area contributed by atoms with Gasteiger partial charge in [-0.2, -0.15) is 0 Å². The van der Waals surface area contributed by atoms with Gasteiger partial charge in [-0.1, -0.05) is 24.3 Å². The molecule has 0 fully saturated rings. The number of carbonyl (C=O) groups is 1. The van der Waals surface area contributed by atoms with Crippen LogP contribution >= 0.6 is 0 Å². The molecule has 0 heterocycles. The molecule has 2 rings (SSSR count). The number of halogens is 2. The van der Waals surface area contributed by atoms with Crippen LogP contribution in [0.2, 0.25) is 0 Å². The molecule has 0 bridgehead atoms. The zero-order valence-electron chi connectivity index (χ0n) is 10.0. The van der Waals surface area contributed by atoms with Crippen molar-refractivity contribution in [3.8, 4) is 0 Å². The van der Waals surface area contributed by atoms with Crippen molar-refractivity contribution in [1.82, 2.24) is 4.72 Å². The van der Waals surface area contributed by atoms with Crippen LogP contribution < -0.4 is 4.72 Å². The Hall–Kier alpha value is -2.28. The highest BCUT2D eigenvalue weighted by atomic mass is 32.2. The minimum atomic E-state index is -4.17. The lowest BCUT2D eigenvalue weighted by Crippen LogP contribution is -2.31. The van der Waals surface area contributed by atoms with Gasteiger partial charge in [0.05, 0.1) is 4.90 Å². The Kier molecular flexibility index (Phi) is 3.80. The summed E-state index contributed by atoms with van der Waals surface area (Å²) in [5.41, 5.74) is -0.938. The normalized spacial score (nSPS) is 11.1. The first kappa shape index (κ1) is 14.1. The number of nitrogens with one attached hydrogen (secondary N) is 1. The molecule has 0 aromatic heterocycles. The van der Waals surface area contributed by atoms with Crippen molar-refractivity contribution in [2.45, 2.75) is 4.90 Å². The Bertz CT molecular complexity index is 725. The molecule has 4 nitrogen and oxygen atoms in total. The average Bonchev–Trinajstić information content (AvgIpc) is 2.39. The van der Waals surface area contributed by atoms with E-state index in [2.05, 4.69) is 0 Å². The van der Waals surface area contributed by atoms with E-state index in [1.165, 1.54) is 24.3 Å². The zero-order valence-corrected chi connectivity index (χ0v) is 10.8. The van der Waals surface area contributed by atoms with Crippen LogP contribution in [-0.2, 0) is 10.0 Å². The number of carbonyl (C=O) groups excluding carboxylic acids is 1. The van der Waals surface area contributed by atoms with Crippen molar-refractivity contribution in [3.63, 3.8) is 0 Å². The summed E-state index contributed by atoms with van der Waals surface area (Å²) in [6.45, 7) is 0. The Morgan fingerprint density at radius 3 is 2.00 bits per heavy atom. The standard InChI is InChI=1S/C13H9F2NO3S/c14-10-7-4-8-11(15)12(10)13(17)16-20(18,19)9-5-2-1-3-6-9/h1-8H,(H,16,17). The molecule has 2 aromatic carbocycles. The van der Waals surface area contributed by atoms with Gasteiger partial charge in [0.15, 0.2) is 0 Å². The summed E-state index contributed by atoms with van der Waals surface area (Å²) in [4.78, 5) is 11.5. The van der Waals surface area contributed by atoms with Gasteiger partial charge >= 0.3 is 0 Å². The predicted octanol–water partition coefficient (Wildman–Crippen LogP) is 2.08. The third kappa shape index (κ3) is 2.83. The highest BCUT2D eigenvalue weighted by molar-refractivity contribution is 7.90. The van der Waals surface area contributed by atoms with Crippen LogP contribution in [0.3, 0.4) is 0 Å². The fourth-order valence-corrected chi connectivity index (χ4v) is 2.53. The van der Waals surface area contributed by atoms with Crippen molar-refractivity contribution in [2.24, 2.45) is 0 Å². The number of sulfonamides is 1. The predicted molar refractivity (Wildman–Crippen MR) is 67.5 cm³/mol. The molecule has 104 valence electrons. The highest BCUT2D eigenvalue weighted by Crippen LogP contribution is 2.14. The van der Waals surface area contributed by atoms with Gasteiger partial charge in [-0.25, -0.2) is 21.9 Å².